The number of carbonyl (C=O) groups excluding carboxylic acids is 1. The molecule has 1 aliphatic heterocycles. The molecule has 13 heavy (non-hydrogen) atoms. The van der Waals surface area contributed by atoms with Crippen LogP contribution in [-0.4, -0.2) is 26.9 Å². The predicted molar refractivity (Wildman–Crippen MR) is 60.8 cm³/mol. The zero-order valence-corrected chi connectivity index (χ0v) is 10.1. The number of nitrogens with zero attached hydrogens (tertiary/aromatic N) is 1. The number of hydrogen-bond acceptors (Lipinski definition) is 3. The number of carbonyl (C=O) groups is 1. The second-order valence-corrected chi connectivity index (χ2v) is 6.00. The van der Waals surface area contributed by atoms with Crippen LogP contribution in [0.25, 0.3) is 0 Å². The van der Waals surface area contributed by atoms with Gasteiger partial charge in [0.25, 0.3) is 0 Å². The average Bonchev–Trinajstić information content (AvgIpc) is 2.28. The van der Waals surface area contributed by atoms with Gasteiger partial charge in [0, 0.05) is 12.7 Å². The van der Waals surface area contributed by atoms with Crippen molar-refractivity contribution < 1.29 is 4.79 Å². The highest BCUT2D eigenvalue weighted by Crippen LogP contribution is 2.35. The van der Waals surface area contributed by atoms with E-state index in [2.05, 4.69) is 20.8 Å². The lowest BCUT2D eigenvalue weighted by atomic mass is 9.87. The van der Waals surface area contributed by atoms with Gasteiger partial charge in [-0.25, -0.2) is 0 Å². The fourth-order valence-corrected chi connectivity index (χ4v) is 3.21. The lowest BCUT2D eigenvalue weighted by Gasteiger charge is -2.33. The summed E-state index contributed by atoms with van der Waals surface area (Å²) < 4.78 is 0.729. The predicted octanol–water partition coefficient (Wildman–Crippen LogP) is 2.28. The van der Waals surface area contributed by atoms with Crippen molar-refractivity contribution in [3.63, 3.8) is 0 Å². The van der Waals surface area contributed by atoms with Crippen molar-refractivity contribution >= 4 is 34.2 Å². The summed E-state index contributed by atoms with van der Waals surface area (Å²) in [7, 11) is 0. The van der Waals surface area contributed by atoms with Gasteiger partial charge in [0.1, 0.15) is 4.32 Å². The van der Waals surface area contributed by atoms with Crippen molar-refractivity contribution in [2.75, 3.05) is 5.75 Å². The van der Waals surface area contributed by atoms with Gasteiger partial charge in [-0.3, -0.25) is 9.69 Å². The van der Waals surface area contributed by atoms with E-state index in [1.807, 2.05) is 0 Å². The van der Waals surface area contributed by atoms with E-state index in [0.717, 1.165) is 10.1 Å². The van der Waals surface area contributed by atoms with Crippen molar-refractivity contribution in [2.45, 2.75) is 33.7 Å². The Morgan fingerprint density at radius 1 is 1.62 bits per heavy atom. The number of thiocarbonyl (C=S) groups is 1. The molecule has 1 fully saturated rings. The van der Waals surface area contributed by atoms with Crippen LogP contribution in [0.3, 0.4) is 0 Å². The molecule has 0 unspecified atom stereocenters. The summed E-state index contributed by atoms with van der Waals surface area (Å²) in [5, 5.41) is 0. The molecule has 2 nitrogen and oxygen atoms in total. The summed E-state index contributed by atoms with van der Waals surface area (Å²) in [6, 6.07) is 0.252. The molecule has 0 N–H and O–H groups in total. The molecule has 0 saturated carbocycles. The summed E-state index contributed by atoms with van der Waals surface area (Å²) in [6.45, 7) is 8.00. The van der Waals surface area contributed by atoms with Crippen LogP contribution in [0.4, 0.5) is 0 Å². The van der Waals surface area contributed by atoms with Crippen molar-refractivity contribution in [2.24, 2.45) is 5.41 Å². The van der Waals surface area contributed by atoms with E-state index in [1.54, 1.807) is 23.6 Å². The molecule has 0 aliphatic carbocycles. The minimum absolute atomic E-state index is 0.0647. The van der Waals surface area contributed by atoms with E-state index in [9.17, 15) is 4.79 Å². The van der Waals surface area contributed by atoms with Gasteiger partial charge >= 0.3 is 0 Å². The average molecular weight is 217 g/mol. The van der Waals surface area contributed by atoms with Crippen molar-refractivity contribution in [1.29, 1.82) is 0 Å². The van der Waals surface area contributed by atoms with Crippen LogP contribution in [-0.2, 0) is 4.79 Å². The van der Waals surface area contributed by atoms with E-state index in [1.165, 1.54) is 0 Å². The van der Waals surface area contributed by atoms with Crippen LogP contribution in [0, 0.1) is 5.41 Å². The third-order valence-electron chi connectivity index (χ3n) is 2.21. The zero-order valence-electron chi connectivity index (χ0n) is 8.46. The molecule has 0 radical (unpaired) electrons. The molecule has 1 saturated heterocycles. The second kappa shape index (κ2) is 3.58. The van der Waals surface area contributed by atoms with Crippen LogP contribution < -0.4 is 0 Å². The first kappa shape index (κ1) is 11.0. The summed E-state index contributed by atoms with van der Waals surface area (Å²) in [5.74, 6) is 0.997. The smallest absolute Gasteiger partial charge is 0.225 e. The Morgan fingerprint density at radius 2 is 2.15 bits per heavy atom. The summed E-state index contributed by atoms with van der Waals surface area (Å²) in [5.41, 5.74) is 0.110. The Morgan fingerprint density at radius 3 is 2.46 bits per heavy atom. The molecular formula is C9H15NOS2. The first-order chi connectivity index (χ1) is 5.84. The van der Waals surface area contributed by atoms with Crippen molar-refractivity contribution in [1.82, 2.24) is 4.90 Å². The Balaban J connectivity index is 2.88. The highest BCUT2D eigenvalue weighted by Gasteiger charge is 2.39. The quantitative estimate of drug-likeness (QED) is 0.581. The molecule has 4 heteroatoms. The Kier molecular flexibility index (Phi) is 3.02. The molecule has 0 aromatic rings. The molecule has 1 amide bonds. The molecule has 0 aromatic carbocycles. The van der Waals surface area contributed by atoms with E-state index in [4.69, 9.17) is 12.2 Å². The van der Waals surface area contributed by atoms with E-state index in [0.29, 0.717) is 0 Å². The first-order valence-corrected chi connectivity index (χ1v) is 5.70. The maximum Gasteiger partial charge on any atom is 0.225 e. The Hall–Kier alpha value is -0.0900. The molecule has 0 spiro atoms. The molecule has 0 aromatic heterocycles. The summed E-state index contributed by atoms with van der Waals surface area (Å²) in [6.07, 6.45) is 0. The Bertz CT molecular complexity index is 244. The van der Waals surface area contributed by atoms with Gasteiger partial charge in [-0.1, -0.05) is 44.8 Å². The van der Waals surface area contributed by atoms with Crippen molar-refractivity contribution in [3.8, 4) is 0 Å². The highest BCUT2D eigenvalue weighted by molar-refractivity contribution is 8.23. The van der Waals surface area contributed by atoms with Gasteiger partial charge in [-0.05, 0) is 5.41 Å². The zero-order chi connectivity index (χ0) is 10.2. The lowest BCUT2D eigenvalue weighted by molar-refractivity contribution is -0.127. The summed E-state index contributed by atoms with van der Waals surface area (Å²) >= 11 is 6.74. The molecule has 1 heterocycles. The monoisotopic (exact) mass is 217 g/mol. The number of thioether (sulfide) groups is 1. The third-order valence-corrected chi connectivity index (χ3v) is 3.69. The Labute approximate surface area is 89.1 Å². The second-order valence-electron chi connectivity index (χ2n) is 4.35. The molecule has 74 valence electrons. The van der Waals surface area contributed by atoms with Crippen molar-refractivity contribution in [3.05, 3.63) is 0 Å². The largest absolute Gasteiger partial charge is 0.294 e. The van der Waals surface area contributed by atoms with Crippen LogP contribution in [0.2, 0.25) is 0 Å². The number of hydrogen-bond donors (Lipinski definition) is 0. The van der Waals surface area contributed by atoms with Crippen LogP contribution in [0.15, 0.2) is 0 Å². The topological polar surface area (TPSA) is 20.3 Å². The van der Waals surface area contributed by atoms with Gasteiger partial charge in [-0.15, -0.1) is 0 Å². The van der Waals surface area contributed by atoms with Gasteiger partial charge in [0.2, 0.25) is 5.91 Å². The number of rotatable bonds is 0. The minimum atomic E-state index is 0.0647. The first-order valence-electron chi connectivity index (χ1n) is 4.30. The van der Waals surface area contributed by atoms with Gasteiger partial charge < -0.3 is 0 Å². The molecule has 1 rings (SSSR count). The highest BCUT2D eigenvalue weighted by atomic mass is 32.2. The standard InChI is InChI=1S/C9H15NOS2/c1-6(11)10-7(9(2,3)4)5-13-8(10)12/h7H,5H2,1-4H3/t7-/m1/s1. The summed E-state index contributed by atoms with van der Waals surface area (Å²) in [4.78, 5) is 13.1. The minimum Gasteiger partial charge on any atom is -0.294 e. The van der Waals surface area contributed by atoms with Gasteiger partial charge in [0.15, 0.2) is 0 Å². The van der Waals surface area contributed by atoms with Gasteiger partial charge in [0.05, 0.1) is 6.04 Å². The SMILES string of the molecule is CC(=O)N1C(=S)SC[C@@H]1C(C)(C)C. The lowest BCUT2D eigenvalue weighted by Crippen LogP contribution is -2.44. The third kappa shape index (κ3) is 2.23. The van der Waals surface area contributed by atoms with E-state index < -0.39 is 0 Å². The molecule has 1 atom stereocenters. The van der Waals surface area contributed by atoms with Crippen LogP contribution in [0.1, 0.15) is 27.7 Å². The maximum absolute atomic E-state index is 11.3. The van der Waals surface area contributed by atoms with E-state index in [-0.39, 0.29) is 17.4 Å². The maximum atomic E-state index is 11.3. The molecular weight excluding hydrogens is 202 g/mol. The van der Waals surface area contributed by atoms with Crippen LogP contribution >= 0.6 is 24.0 Å². The van der Waals surface area contributed by atoms with Crippen LogP contribution in [0.5, 0.6) is 0 Å². The van der Waals surface area contributed by atoms with Gasteiger partial charge in [-0.2, -0.15) is 0 Å². The molecule has 1 aliphatic rings. The normalized spacial score (nSPS) is 23.8. The fourth-order valence-electron chi connectivity index (χ4n) is 1.41. The van der Waals surface area contributed by atoms with E-state index >= 15 is 0 Å². The fraction of sp³-hybridized carbons (Fsp3) is 0.778. The molecule has 0 bridgehead atoms. The number of amides is 1.